The lowest BCUT2D eigenvalue weighted by Crippen LogP contribution is -2.47. The summed E-state index contributed by atoms with van der Waals surface area (Å²) in [4.78, 5) is 36.1. The van der Waals surface area contributed by atoms with Crippen LogP contribution in [-0.2, 0) is 9.53 Å². The van der Waals surface area contributed by atoms with Gasteiger partial charge in [-0.05, 0) is 32.8 Å². The molecule has 1 aliphatic rings. The van der Waals surface area contributed by atoms with Crippen LogP contribution in [0.1, 0.15) is 24.6 Å². The number of aromatic nitrogens is 2. The Kier molecular flexibility index (Phi) is 5.87. The van der Waals surface area contributed by atoms with Crippen molar-refractivity contribution in [2.75, 3.05) is 31.6 Å². The van der Waals surface area contributed by atoms with Gasteiger partial charge in [0.15, 0.2) is 0 Å². The molecule has 0 bridgehead atoms. The molecule has 1 aliphatic heterocycles. The van der Waals surface area contributed by atoms with E-state index in [9.17, 15) is 9.59 Å². The minimum Gasteiger partial charge on any atom is -0.450 e. The van der Waals surface area contributed by atoms with E-state index in [1.165, 1.54) is 6.33 Å². The van der Waals surface area contributed by atoms with Gasteiger partial charge in [0.1, 0.15) is 17.0 Å². The summed E-state index contributed by atoms with van der Waals surface area (Å²) in [6.45, 7) is 5.53. The summed E-state index contributed by atoms with van der Waals surface area (Å²) in [5.74, 6) is 0.588. The normalized spacial score (nSPS) is 15.1. The van der Waals surface area contributed by atoms with Crippen LogP contribution in [0.4, 0.5) is 10.6 Å². The zero-order valence-corrected chi connectivity index (χ0v) is 15.8. The molecule has 0 atom stereocenters. The molecule has 8 nitrogen and oxygen atoms in total. The molecule has 3 rings (SSSR count). The summed E-state index contributed by atoms with van der Waals surface area (Å²) in [5.41, 5.74) is 0. The summed E-state index contributed by atoms with van der Waals surface area (Å²) in [5, 5.41) is 7.04. The van der Waals surface area contributed by atoms with Crippen molar-refractivity contribution in [3.05, 3.63) is 17.3 Å². The molecule has 0 aliphatic carbocycles. The standard InChI is InChI=1S/C17H23N5O3S/c1-3-25-17(24)22-6-4-12(5-7-22)21-14(23)9-18-15-13-8-11(2)26-16(13)20-10-19-15/h8,10,12H,3-7,9H2,1-2H3,(H,21,23)(H,18,19,20). The van der Waals surface area contributed by atoms with Crippen molar-refractivity contribution in [3.63, 3.8) is 0 Å². The first-order valence-electron chi connectivity index (χ1n) is 8.73. The Bertz CT molecular complexity index is 786. The number of hydrogen-bond donors (Lipinski definition) is 2. The zero-order valence-electron chi connectivity index (χ0n) is 14.9. The SMILES string of the molecule is CCOC(=O)N1CCC(NC(=O)CNc2ncnc3sc(C)cc23)CC1. The maximum Gasteiger partial charge on any atom is 0.409 e. The van der Waals surface area contributed by atoms with E-state index >= 15 is 0 Å². The van der Waals surface area contributed by atoms with Crippen molar-refractivity contribution in [3.8, 4) is 0 Å². The average Bonchev–Trinajstić information content (AvgIpc) is 3.01. The molecule has 2 aromatic rings. The molecule has 0 unspecified atom stereocenters. The molecule has 2 N–H and O–H groups in total. The van der Waals surface area contributed by atoms with Crippen molar-refractivity contribution in [1.82, 2.24) is 20.2 Å². The molecule has 140 valence electrons. The number of carbonyl (C=O) groups excluding carboxylic acids is 2. The maximum absolute atomic E-state index is 12.2. The summed E-state index contributed by atoms with van der Waals surface area (Å²) in [6, 6.07) is 2.09. The Morgan fingerprint density at radius 2 is 2.12 bits per heavy atom. The van der Waals surface area contributed by atoms with Crippen LogP contribution in [-0.4, -0.2) is 59.2 Å². The van der Waals surface area contributed by atoms with Crippen LogP contribution in [0.25, 0.3) is 10.2 Å². The quantitative estimate of drug-likeness (QED) is 0.829. The molecule has 3 heterocycles. The molecular weight excluding hydrogens is 354 g/mol. The topological polar surface area (TPSA) is 96.5 Å². The van der Waals surface area contributed by atoms with Crippen LogP contribution in [0.15, 0.2) is 12.4 Å². The highest BCUT2D eigenvalue weighted by molar-refractivity contribution is 7.18. The second-order valence-electron chi connectivity index (χ2n) is 6.18. The van der Waals surface area contributed by atoms with E-state index in [1.54, 1.807) is 23.2 Å². The fourth-order valence-electron chi connectivity index (χ4n) is 2.98. The van der Waals surface area contributed by atoms with Crippen molar-refractivity contribution in [1.29, 1.82) is 0 Å². The van der Waals surface area contributed by atoms with Crippen LogP contribution in [0.3, 0.4) is 0 Å². The Morgan fingerprint density at radius 3 is 2.85 bits per heavy atom. The first kappa shape index (κ1) is 18.4. The second-order valence-corrected chi connectivity index (χ2v) is 7.41. The molecular formula is C17H23N5O3S. The number of amides is 2. The number of hydrogen-bond acceptors (Lipinski definition) is 7. The Balaban J connectivity index is 1.47. The number of nitrogens with one attached hydrogen (secondary N) is 2. The van der Waals surface area contributed by atoms with Crippen molar-refractivity contribution < 1.29 is 14.3 Å². The lowest BCUT2D eigenvalue weighted by atomic mass is 10.1. The van der Waals surface area contributed by atoms with Gasteiger partial charge in [-0.3, -0.25) is 4.79 Å². The monoisotopic (exact) mass is 377 g/mol. The first-order chi connectivity index (χ1) is 12.6. The first-order valence-corrected chi connectivity index (χ1v) is 9.54. The van der Waals surface area contributed by atoms with Gasteiger partial charge in [-0.15, -0.1) is 11.3 Å². The number of nitrogens with zero attached hydrogens (tertiary/aromatic N) is 3. The van der Waals surface area contributed by atoms with Gasteiger partial charge in [-0.2, -0.15) is 0 Å². The van der Waals surface area contributed by atoms with Gasteiger partial charge < -0.3 is 20.3 Å². The minimum atomic E-state index is -0.280. The number of aryl methyl sites for hydroxylation is 1. The van der Waals surface area contributed by atoms with Crippen molar-refractivity contribution in [2.24, 2.45) is 0 Å². The number of likely N-dealkylation sites (tertiary alicyclic amines) is 1. The molecule has 26 heavy (non-hydrogen) atoms. The van der Waals surface area contributed by atoms with Crippen LogP contribution in [0.2, 0.25) is 0 Å². The van der Waals surface area contributed by atoms with Gasteiger partial charge >= 0.3 is 6.09 Å². The molecule has 0 radical (unpaired) electrons. The van der Waals surface area contributed by atoms with Gasteiger partial charge in [0, 0.05) is 24.0 Å². The summed E-state index contributed by atoms with van der Waals surface area (Å²) >= 11 is 1.60. The fourth-order valence-corrected chi connectivity index (χ4v) is 3.83. The smallest absolute Gasteiger partial charge is 0.409 e. The Morgan fingerprint density at radius 1 is 1.35 bits per heavy atom. The summed E-state index contributed by atoms with van der Waals surface area (Å²) < 4.78 is 5.00. The number of fused-ring (bicyclic) bond motifs is 1. The average molecular weight is 377 g/mol. The molecule has 0 spiro atoms. The number of ether oxygens (including phenoxy) is 1. The van der Waals surface area contributed by atoms with E-state index in [4.69, 9.17) is 4.74 Å². The number of carbonyl (C=O) groups is 2. The van der Waals surface area contributed by atoms with Gasteiger partial charge in [-0.25, -0.2) is 14.8 Å². The zero-order chi connectivity index (χ0) is 18.5. The Hall–Kier alpha value is -2.42. The molecule has 0 saturated carbocycles. The van der Waals surface area contributed by atoms with Gasteiger partial charge in [0.05, 0.1) is 18.5 Å². The predicted molar refractivity (Wildman–Crippen MR) is 100 cm³/mol. The van der Waals surface area contributed by atoms with E-state index in [0.717, 1.165) is 27.9 Å². The Labute approximate surface area is 155 Å². The van der Waals surface area contributed by atoms with Gasteiger partial charge in [0.2, 0.25) is 5.91 Å². The third-order valence-electron chi connectivity index (χ3n) is 4.26. The number of anilines is 1. The number of thiophene rings is 1. The lowest BCUT2D eigenvalue weighted by Gasteiger charge is -2.31. The fraction of sp³-hybridized carbons (Fsp3) is 0.529. The van der Waals surface area contributed by atoms with Crippen LogP contribution >= 0.6 is 11.3 Å². The molecule has 2 aromatic heterocycles. The molecule has 1 fully saturated rings. The molecule has 2 amide bonds. The van der Waals surface area contributed by atoms with E-state index in [2.05, 4.69) is 20.6 Å². The molecule has 1 saturated heterocycles. The number of piperidine rings is 1. The predicted octanol–water partition coefficient (Wildman–Crippen LogP) is 2.15. The van der Waals surface area contributed by atoms with E-state index in [0.29, 0.717) is 25.5 Å². The number of rotatable bonds is 5. The van der Waals surface area contributed by atoms with E-state index in [-0.39, 0.29) is 24.6 Å². The van der Waals surface area contributed by atoms with Crippen LogP contribution in [0, 0.1) is 6.92 Å². The van der Waals surface area contributed by atoms with Crippen molar-refractivity contribution in [2.45, 2.75) is 32.7 Å². The van der Waals surface area contributed by atoms with Crippen LogP contribution in [0.5, 0.6) is 0 Å². The minimum absolute atomic E-state index is 0.0730. The summed E-state index contributed by atoms with van der Waals surface area (Å²) in [7, 11) is 0. The van der Waals surface area contributed by atoms with E-state index in [1.807, 2.05) is 13.0 Å². The molecule has 9 heteroatoms. The van der Waals surface area contributed by atoms with Gasteiger partial charge in [0.25, 0.3) is 0 Å². The largest absolute Gasteiger partial charge is 0.450 e. The molecule has 0 aromatic carbocycles. The second kappa shape index (κ2) is 8.31. The van der Waals surface area contributed by atoms with Gasteiger partial charge in [-0.1, -0.05) is 0 Å². The third kappa shape index (κ3) is 4.40. The maximum atomic E-state index is 12.2. The highest BCUT2D eigenvalue weighted by Gasteiger charge is 2.24. The van der Waals surface area contributed by atoms with Crippen LogP contribution < -0.4 is 10.6 Å². The highest BCUT2D eigenvalue weighted by Crippen LogP contribution is 2.27. The lowest BCUT2D eigenvalue weighted by molar-refractivity contribution is -0.120. The van der Waals surface area contributed by atoms with Crippen molar-refractivity contribution >= 4 is 39.4 Å². The highest BCUT2D eigenvalue weighted by atomic mass is 32.1. The van der Waals surface area contributed by atoms with E-state index < -0.39 is 0 Å². The third-order valence-corrected chi connectivity index (χ3v) is 5.21. The summed E-state index contributed by atoms with van der Waals surface area (Å²) in [6.07, 6.45) is 2.68.